The molecule has 0 aromatic heterocycles. The molecule has 1 aliphatic rings. The number of methoxy groups -OCH3 is 1. The minimum atomic E-state index is -0.389. The summed E-state index contributed by atoms with van der Waals surface area (Å²) in [6.07, 6.45) is 2.48. The number of rotatable bonds is 8. The highest BCUT2D eigenvalue weighted by Crippen LogP contribution is 2.35. The minimum absolute atomic E-state index is 0.0516. The Kier molecular flexibility index (Phi) is 6.24. The maximum absolute atomic E-state index is 12.6. The molecule has 2 aromatic rings. The number of benzene rings is 2. The zero-order valence-corrected chi connectivity index (χ0v) is 15.9. The van der Waals surface area contributed by atoms with Crippen molar-refractivity contribution in [2.45, 2.75) is 32.4 Å². The number of esters is 1. The van der Waals surface area contributed by atoms with Gasteiger partial charge in [0.2, 0.25) is 5.91 Å². The Balaban J connectivity index is 1.62. The normalized spacial score (nSPS) is 14.6. The summed E-state index contributed by atoms with van der Waals surface area (Å²) in [5.74, 6) is 0.241. The number of nitrogens with zero attached hydrogens (tertiary/aromatic N) is 1. The molecular formula is C22H26N2O3. The van der Waals surface area contributed by atoms with Crippen LogP contribution in [0.15, 0.2) is 54.6 Å². The standard InChI is InChI=1S/C22H26N2O3/c1-16(18-8-9-18)24(14-17-6-4-3-5-7-17)15-21(25)23-20-12-10-19(11-13-20)22(26)27-2/h3-7,10-13,16,18H,8-9,14-15H2,1-2H3,(H,23,25). The van der Waals surface area contributed by atoms with Crippen LogP contribution in [0.5, 0.6) is 0 Å². The highest BCUT2D eigenvalue weighted by Gasteiger charge is 2.32. The molecule has 1 atom stereocenters. The van der Waals surface area contributed by atoms with Gasteiger partial charge in [-0.3, -0.25) is 9.69 Å². The second-order valence-corrected chi connectivity index (χ2v) is 7.09. The van der Waals surface area contributed by atoms with Crippen molar-refractivity contribution in [1.29, 1.82) is 0 Å². The van der Waals surface area contributed by atoms with Gasteiger partial charge in [-0.2, -0.15) is 0 Å². The molecule has 5 heteroatoms. The van der Waals surface area contributed by atoms with Gasteiger partial charge < -0.3 is 10.1 Å². The first kappa shape index (κ1) is 19.1. The molecule has 0 spiro atoms. The number of ether oxygens (including phenoxy) is 1. The third-order valence-electron chi connectivity index (χ3n) is 5.05. The van der Waals surface area contributed by atoms with E-state index in [1.165, 1.54) is 25.5 Å². The first-order valence-electron chi connectivity index (χ1n) is 9.33. The van der Waals surface area contributed by atoms with E-state index >= 15 is 0 Å². The van der Waals surface area contributed by atoms with Crippen LogP contribution >= 0.6 is 0 Å². The maximum Gasteiger partial charge on any atom is 0.337 e. The number of carbonyl (C=O) groups excluding carboxylic acids is 2. The van der Waals surface area contributed by atoms with E-state index in [9.17, 15) is 9.59 Å². The lowest BCUT2D eigenvalue weighted by molar-refractivity contribution is -0.118. The maximum atomic E-state index is 12.6. The molecule has 5 nitrogen and oxygen atoms in total. The Hall–Kier alpha value is -2.66. The zero-order valence-electron chi connectivity index (χ0n) is 15.9. The Bertz CT molecular complexity index is 770. The number of amides is 1. The minimum Gasteiger partial charge on any atom is -0.465 e. The summed E-state index contributed by atoms with van der Waals surface area (Å²) < 4.78 is 4.69. The average Bonchev–Trinajstić information content (AvgIpc) is 3.53. The Morgan fingerprint density at radius 1 is 1.11 bits per heavy atom. The van der Waals surface area contributed by atoms with Crippen LogP contribution in [0, 0.1) is 5.92 Å². The van der Waals surface area contributed by atoms with Gasteiger partial charge in [-0.05, 0) is 55.5 Å². The molecule has 142 valence electrons. The van der Waals surface area contributed by atoms with Crippen molar-refractivity contribution in [3.8, 4) is 0 Å². The molecule has 1 N–H and O–H groups in total. The molecule has 1 amide bonds. The SMILES string of the molecule is COC(=O)c1ccc(NC(=O)CN(Cc2ccccc2)C(C)C2CC2)cc1. The van der Waals surface area contributed by atoms with E-state index in [0.717, 1.165) is 6.54 Å². The van der Waals surface area contributed by atoms with Crippen molar-refractivity contribution < 1.29 is 14.3 Å². The van der Waals surface area contributed by atoms with Gasteiger partial charge in [0.15, 0.2) is 0 Å². The molecule has 1 saturated carbocycles. The molecule has 0 saturated heterocycles. The van der Waals surface area contributed by atoms with Crippen molar-refractivity contribution in [3.63, 3.8) is 0 Å². The average molecular weight is 366 g/mol. The van der Waals surface area contributed by atoms with Crippen LogP contribution in [0.1, 0.15) is 35.7 Å². The molecule has 0 bridgehead atoms. The zero-order chi connectivity index (χ0) is 19.2. The van der Waals surface area contributed by atoms with E-state index in [-0.39, 0.29) is 11.9 Å². The predicted octanol–water partition coefficient (Wildman–Crippen LogP) is 3.71. The number of hydrogen-bond acceptors (Lipinski definition) is 4. The van der Waals surface area contributed by atoms with Gasteiger partial charge in [-0.15, -0.1) is 0 Å². The van der Waals surface area contributed by atoms with Crippen molar-refractivity contribution >= 4 is 17.6 Å². The van der Waals surface area contributed by atoms with Crippen LogP contribution in [-0.4, -0.2) is 36.5 Å². The molecule has 27 heavy (non-hydrogen) atoms. The summed E-state index contributed by atoms with van der Waals surface area (Å²) in [6, 6.07) is 17.3. The van der Waals surface area contributed by atoms with Crippen LogP contribution in [0.25, 0.3) is 0 Å². The smallest absolute Gasteiger partial charge is 0.337 e. The van der Waals surface area contributed by atoms with Crippen LogP contribution in [0.2, 0.25) is 0 Å². The van der Waals surface area contributed by atoms with E-state index < -0.39 is 0 Å². The summed E-state index contributed by atoms with van der Waals surface area (Å²) in [7, 11) is 1.35. The fourth-order valence-corrected chi connectivity index (χ4v) is 3.23. The van der Waals surface area contributed by atoms with Gasteiger partial charge in [0.25, 0.3) is 0 Å². The van der Waals surface area contributed by atoms with Crippen molar-refractivity contribution in [2.75, 3.05) is 19.0 Å². The topological polar surface area (TPSA) is 58.6 Å². The van der Waals surface area contributed by atoms with Crippen LogP contribution in [-0.2, 0) is 16.1 Å². The van der Waals surface area contributed by atoms with Crippen molar-refractivity contribution in [3.05, 3.63) is 65.7 Å². The molecule has 0 radical (unpaired) electrons. The number of hydrogen-bond donors (Lipinski definition) is 1. The van der Waals surface area contributed by atoms with Crippen molar-refractivity contribution in [1.82, 2.24) is 4.90 Å². The van der Waals surface area contributed by atoms with Gasteiger partial charge in [0.1, 0.15) is 0 Å². The predicted molar refractivity (Wildman–Crippen MR) is 105 cm³/mol. The quantitative estimate of drug-likeness (QED) is 0.724. The van der Waals surface area contributed by atoms with E-state index in [1.54, 1.807) is 24.3 Å². The lowest BCUT2D eigenvalue weighted by Crippen LogP contribution is -2.40. The third-order valence-corrected chi connectivity index (χ3v) is 5.05. The fraction of sp³-hybridized carbons (Fsp3) is 0.364. The van der Waals surface area contributed by atoms with E-state index in [0.29, 0.717) is 29.8 Å². The summed E-state index contributed by atoms with van der Waals surface area (Å²) in [4.78, 5) is 26.3. The highest BCUT2D eigenvalue weighted by molar-refractivity contribution is 5.94. The summed E-state index contributed by atoms with van der Waals surface area (Å²) in [5, 5.41) is 2.92. The molecule has 0 aliphatic heterocycles. The number of carbonyl (C=O) groups is 2. The van der Waals surface area contributed by atoms with Crippen LogP contribution in [0.4, 0.5) is 5.69 Å². The fourth-order valence-electron chi connectivity index (χ4n) is 3.23. The number of nitrogens with one attached hydrogen (secondary N) is 1. The molecule has 1 unspecified atom stereocenters. The first-order chi connectivity index (χ1) is 13.1. The van der Waals surface area contributed by atoms with Crippen molar-refractivity contribution in [2.24, 2.45) is 5.92 Å². The lowest BCUT2D eigenvalue weighted by Gasteiger charge is -2.28. The Labute approximate surface area is 160 Å². The Morgan fingerprint density at radius 3 is 2.37 bits per heavy atom. The first-order valence-corrected chi connectivity index (χ1v) is 9.33. The van der Waals surface area contributed by atoms with E-state index in [2.05, 4.69) is 34.0 Å². The molecule has 3 rings (SSSR count). The van der Waals surface area contributed by atoms with Gasteiger partial charge >= 0.3 is 5.97 Å². The van der Waals surface area contributed by atoms with Gasteiger partial charge in [0, 0.05) is 18.3 Å². The second kappa shape index (κ2) is 8.82. The molecular weight excluding hydrogens is 340 g/mol. The summed E-state index contributed by atoms with van der Waals surface area (Å²) in [6.45, 7) is 3.30. The largest absolute Gasteiger partial charge is 0.465 e. The second-order valence-electron chi connectivity index (χ2n) is 7.09. The monoisotopic (exact) mass is 366 g/mol. The molecule has 1 aliphatic carbocycles. The van der Waals surface area contributed by atoms with Crippen LogP contribution < -0.4 is 5.32 Å². The van der Waals surface area contributed by atoms with Crippen LogP contribution in [0.3, 0.4) is 0 Å². The molecule has 0 heterocycles. The van der Waals surface area contributed by atoms with Gasteiger partial charge in [0.05, 0.1) is 19.2 Å². The molecule has 1 fully saturated rings. The highest BCUT2D eigenvalue weighted by atomic mass is 16.5. The van der Waals surface area contributed by atoms with Gasteiger partial charge in [-0.1, -0.05) is 30.3 Å². The van der Waals surface area contributed by atoms with Gasteiger partial charge in [-0.25, -0.2) is 4.79 Å². The lowest BCUT2D eigenvalue weighted by atomic mass is 10.1. The third kappa shape index (κ3) is 5.41. The molecule has 2 aromatic carbocycles. The Morgan fingerprint density at radius 2 is 1.78 bits per heavy atom. The van der Waals surface area contributed by atoms with E-state index in [4.69, 9.17) is 0 Å². The number of anilines is 1. The van der Waals surface area contributed by atoms with E-state index in [1.807, 2.05) is 18.2 Å². The summed E-state index contributed by atoms with van der Waals surface area (Å²) in [5.41, 5.74) is 2.34. The summed E-state index contributed by atoms with van der Waals surface area (Å²) >= 11 is 0.